The van der Waals surface area contributed by atoms with Gasteiger partial charge in [-0.3, -0.25) is 4.79 Å². The minimum atomic E-state index is -3.44. The molecule has 0 spiro atoms. The van der Waals surface area contributed by atoms with Crippen LogP contribution >= 0.6 is 0 Å². The third kappa shape index (κ3) is 4.71. The van der Waals surface area contributed by atoms with E-state index in [0.717, 1.165) is 5.56 Å². The van der Waals surface area contributed by atoms with Gasteiger partial charge in [0.2, 0.25) is 5.91 Å². The first kappa shape index (κ1) is 19.7. The molecule has 1 aliphatic rings. The number of amides is 1. The van der Waals surface area contributed by atoms with Gasteiger partial charge in [-0.05, 0) is 18.1 Å². The van der Waals surface area contributed by atoms with Crippen LogP contribution < -0.4 is 0 Å². The van der Waals surface area contributed by atoms with E-state index in [1.165, 1.54) is 8.61 Å². The first-order chi connectivity index (χ1) is 11.9. The molecule has 1 saturated heterocycles. The van der Waals surface area contributed by atoms with E-state index < -0.39 is 10.2 Å². The van der Waals surface area contributed by atoms with Crippen molar-refractivity contribution in [2.24, 2.45) is 0 Å². The molecule has 0 aromatic heterocycles. The molecule has 140 valence electrons. The fraction of sp³-hybridized carbons (Fsp3) is 0.588. The average molecular weight is 369 g/mol. The van der Waals surface area contributed by atoms with Gasteiger partial charge in [0.25, 0.3) is 10.2 Å². The predicted octanol–water partition coefficient (Wildman–Crippen LogP) is 1.06. The van der Waals surface area contributed by atoms with Crippen molar-refractivity contribution in [3.05, 3.63) is 29.8 Å². The summed E-state index contributed by atoms with van der Waals surface area (Å²) in [6.07, 6.45) is 0.782. The Hall–Kier alpha value is -1.64. The highest BCUT2D eigenvalue weighted by molar-refractivity contribution is 7.86. The highest BCUT2D eigenvalue weighted by atomic mass is 32.2. The quantitative estimate of drug-likeness (QED) is 0.779. The Kier molecular flexibility index (Phi) is 6.80. The lowest BCUT2D eigenvalue weighted by Gasteiger charge is -2.36. The van der Waals surface area contributed by atoms with Crippen molar-refractivity contribution in [2.45, 2.75) is 26.7 Å². The van der Waals surface area contributed by atoms with Gasteiger partial charge in [0.1, 0.15) is 5.75 Å². The second-order valence-electron chi connectivity index (χ2n) is 6.00. The van der Waals surface area contributed by atoms with E-state index in [-0.39, 0.29) is 11.7 Å². The highest BCUT2D eigenvalue weighted by Gasteiger charge is 2.31. The fourth-order valence-corrected chi connectivity index (χ4v) is 4.61. The summed E-state index contributed by atoms with van der Waals surface area (Å²) in [4.78, 5) is 14.1. The molecule has 1 aromatic rings. The van der Waals surface area contributed by atoms with Gasteiger partial charge in [-0.15, -0.1) is 0 Å². The van der Waals surface area contributed by atoms with Crippen LogP contribution in [0.5, 0.6) is 5.75 Å². The van der Waals surface area contributed by atoms with Crippen LogP contribution in [0.15, 0.2) is 24.3 Å². The van der Waals surface area contributed by atoms with Crippen LogP contribution in [0.3, 0.4) is 0 Å². The topological polar surface area (TPSA) is 81.2 Å². The Morgan fingerprint density at radius 1 is 1.12 bits per heavy atom. The summed E-state index contributed by atoms with van der Waals surface area (Å²) in [6.45, 7) is 5.97. The van der Waals surface area contributed by atoms with Crippen LogP contribution in [-0.2, 0) is 21.4 Å². The molecule has 1 aromatic carbocycles. The van der Waals surface area contributed by atoms with Crippen molar-refractivity contribution in [3.8, 4) is 5.75 Å². The van der Waals surface area contributed by atoms with Crippen molar-refractivity contribution < 1.29 is 18.3 Å². The maximum absolute atomic E-state index is 12.5. The third-order valence-electron chi connectivity index (χ3n) is 4.55. The minimum Gasteiger partial charge on any atom is -0.508 e. The molecule has 1 fully saturated rings. The summed E-state index contributed by atoms with van der Waals surface area (Å²) < 4.78 is 27.9. The van der Waals surface area contributed by atoms with Crippen LogP contribution in [-0.4, -0.2) is 72.2 Å². The smallest absolute Gasteiger partial charge is 0.282 e. The molecule has 1 amide bonds. The van der Waals surface area contributed by atoms with E-state index in [1.54, 1.807) is 23.1 Å². The van der Waals surface area contributed by atoms with Crippen LogP contribution in [0.25, 0.3) is 0 Å². The molecule has 0 atom stereocenters. The largest absolute Gasteiger partial charge is 0.508 e. The van der Waals surface area contributed by atoms with E-state index in [9.17, 15) is 18.3 Å². The summed E-state index contributed by atoms with van der Waals surface area (Å²) in [6, 6.07) is 6.99. The van der Waals surface area contributed by atoms with Crippen LogP contribution in [0, 0.1) is 0 Å². The number of phenolic OH excluding ortho intramolecular Hbond substituents is 1. The van der Waals surface area contributed by atoms with Crippen LogP contribution in [0.2, 0.25) is 0 Å². The molecule has 0 radical (unpaired) electrons. The Balaban J connectivity index is 1.87. The van der Waals surface area contributed by atoms with E-state index in [2.05, 4.69) is 0 Å². The maximum Gasteiger partial charge on any atom is 0.282 e. The van der Waals surface area contributed by atoms with Gasteiger partial charge in [0.05, 0.1) is 0 Å². The lowest BCUT2D eigenvalue weighted by molar-refractivity contribution is -0.132. The summed E-state index contributed by atoms with van der Waals surface area (Å²) in [5.74, 6) is 0.188. The molecule has 8 heteroatoms. The van der Waals surface area contributed by atoms with E-state index in [0.29, 0.717) is 52.1 Å². The molecule has 1 N–H and O–H groups in total. The Labute approximate surface area is 150 Å². The predicted molar refractivity (Wildman–Crippen MR) is 96.4 cm³/mol. The maximum atomic E-state index is 12.5. The number of phenols is 1. The number of carbonyl (C=O) groups excluding carboxylic acids is 1. The first-order valence-corrected chi connectivity index (χ1v) is 10.1. The number of benzene rings is 1. The number of piperazine rings is 1. The number of aromatic hydroxyl groups is 1. The monoisotopic (exact) mass is 369 g/mol. The second kappa shape index (κ2) is 8.64. The van der Waals surface area contributed by atoms with Gasteiger partial charge in [-0.1, -0.05) is 32.0 Å². The Bertz CT molecular complexity index is 681. The summed E-state index contributed by atoms with van der Waals surface area (Å²) in [7, 11) is -3.44. The summed E-state index contributed by atoms with van der Waals surface area (Å²) in [5, 5.41) is 9.75. The highest BCUT2D eigenvalue weighted by Crippen LogP contribution is 2.18. The lowest BCUT2D eigenvalue weighted by atomic mass is 10.1. The van der Waals surface area contributed by atoms with E-state index in [4.69, 9.17) is 0 Å². The van der Waals surface area contributed by atoms with Gasteiger partial charge < -0.3 is 10.0 Å². The molecule has 25 heavy (non-hydrogen) atoms. The standard InChI is InChI=1S/C17H27N3O4S/c1-3-19(4-2)25(23,24)20-13-11-18(12-14-20)17(22)10-9-15-7-5-6-8-16(15)21/h5-8,21H,3-4,9-14H2,1-2H3. The SMILES string of the molecule is CCN(CC)S(=O)(=O)N1CCN(C(=O)CCc2ccccc2O)CC1. The molecular formula is C17H27N3O4S. The van der Waals surface area contributed by atoms with E-state index >= 15 is 0 Å². The van der Waals surface area contributed by atoms with Gasteiger partial charge in [-0.25, -0.2) is 0 Å². The van der Waals surface area contributed by atoms with Gasteiger partial charge >= 0.3 is 0 Å². The van der Waals surface area contributed by atoms with Gasteiger partial charge in [-0.2, -0.15) is 17.0 Å². The molecule has 7 nitrogen and oxygen atoms in total. The number of aryl methyl sites for hydroxylation is 1. The van der Waals surface area contributed by atoms with Crippen molar-refractivity contribution >= 4 is 16.1 Å². The fourth-order valence-electron chi connectivity index (χ4n) is 3.00. The molecule has 0 unspecified atom stereocenters. The van der Waals surface area contributed by atoms with Crippen LogP contribution in [0.4, 0.5) is 0 Å². The Morgan fingerprint density at radius 3 is 2.28 bits per heavy atom. The molecule has 0 bridgehead atoms. The average Bonchev–Trinajstić information content (AvgIpc) is 2.61. The first-order valence-electron chi connectivity index (χ1n) is 8.70. The normalized spacial score (nSPS) is 16.4. The second-order valence-corrected chi connectivity index (χ2v) is 7.93. The zero-order valence-corrected chi connectivity index (χ0v) is 15.7. The van der Waals surface area contributed by atoms with Crippen LogP contribution in [0.1, 0.15) is 25.8 Å². The molecule has 0 aliphatic carbocycles. The molecule has 2 rings (SSSR count). The summed E-state index contributed by atoms with van der Waals surface area (Å²) in [5.41, 5.74) is 0.749. The van der Waals surface area contributed by atoms with Crippen molar-refractivity contribution in [1.29, 1.82) is 0 Å². The number of carbonyl (C=O) groups is 1. The zero-order chi connectivity index (χ0) is 18.4. The van der Waals surface area contributed by atoms with Gasteiger partial charge in [0.15, 0.2) is 0 Å². The third-order valence-corrected chi connectivity index (χ3v) is 6.74. The Morgan fingerprint density at radius 2 is 1.72 bits per heavy atom. The number of rotatable bonds is 7. The van der Waals surface area contributed by atoms with Crippen molar-refractivity contribution in [3.63, 3.8) is 0 Å². The van der Waals surface area contributed by atoms with Crippen molar-refractivity contribution in [2.75, 3.05) is 39.3 Å². The number of nitrogens with zero attached hydrogens (tertiary/aromatic N) is 3. The summed E-state index contributed by atoms with van der Waals surface area (Å²) >= 11 is 0. The number of para-hydroxylation sites is 1. The van der Waals surface area contributed by atoms with Gasteiger partial charge in [0, 0.05) is 45.7 Å². The van der Waals surface area contributed by atoms with E-state index in [1.807, 2.05) is 19.9 Å². The molecule has 1 heterocycles. The van der Waals surface area contributed by atoms with Crippen molar-refractivity contribution in [1.82, 2.24) is 13.5 Å². The number of hydrogen-bond donors (Lipinski definition) is 1. The minimum absolute atomic E-state index is 0.0110. The molecular weight excluding hydrogens is 342 g/mol. The number of hydrogen-bond acceptors (Lipinski definition) is 4. The zero-order valence-electron chi connectivity index (χ0n) is 14.9. The lowest BCUT2D eigenvalue weighted by Crippen LogP contribution is -2.54. The molecule has 0 saturated carbocycles. The molecule has 1 aliphatic heterocycles.